The molecule has 0 spiro atoms. The van der Waals surface area contributed by atoms with E-state index in [9.17, 15) is 0 Å². The van der Waals surface area contributed by atoms with Gasteiger partial charge in [0, 0.05) is 0 Å². The largest absolute Gasteiger partial charge is 0.411 e. The van der Waals surface area contributed by atoms with Crippen molar-refractivity contribution < 1.29 is 10.4 Å². The summed E-state index contributed by atoms with van der Waals surface area (Å²) in [4.78, 5) is 0. The number of oxime groups is 2. The minimum absolute atomic E-state index is 0.262. The second kappa shape index (κ2) is 3.42. The fraction of sp³-hybridized carbons (Fsp3) is 0. The van der Waals surface area contributed by atoms with Crippen molar-refractivity contribution in [3.8, 4) is 0 Å². The van der Waals surface area contributed by atoms with E-state index in [2.05, 4.69) is 10.3 Å². The normalized spacial score (nSPS) is 13.0. The maximum atomic E-state index is 7.72. The van der Waals surface area contributed by atoms with Crippen LogP contribution in [0.5, 0.6) is 0 Å². The van der Waals surface area contributed by atoms with Gasteiger partial charge in [-0.3, -0.25) is 0 Å². The van der Waals surface area contributed by atoms with Gasteiger partial charge >= 0.3 is 0 Å². The topological polar surface area (TPSA) is 65.2 Å². The number of rotatable bonds is 1. The Hall–Kier alpha value is -0.770. The molecular weight excluding hydrogens is 119 g/mol. The van der Waals surface area contributed by atoms with Gasteiger partial charge in [0.25, 0.3) is 0 Å². The predicted octanol–water partition coefficient (Wildman–Crippen LogP) is 0.473. The second-order valence-electron chi connectivity index (χ2n) is 0.667. The molecule has 0 radical (unpaired) electrons. The van der Waals surface area contributed by atoms with Gasteiger partial charge in [0.05, 0.1) is 0 Å². The third-order valence-electron chi connectivity index (χ3n) is 0.260. The zero-order valence-corrected chi connectivity index (χ0v) is 4.00. The van der Waals surface area contributed by atoms with E-state index >= 15 is 0 Å². The molecule has 0 rings (SSSR count). The van der Waals surface area contributed by atoms with Gasteiger partial charge in [-0.1, -0.05) is 21.9 Å². The molecule has 0 fully saturated rings. The molecule has 4 nitrogen and oxygen atoms in total. The van der Waals surface area contributed by atoms with Gasteiger partial charge < -0.3 is 10.4 Å². The zero-order valence-electron chi connectivity index (χ0n) is 3.24. The van der Waals surface area contributed by atoms with E-state index in [-0.39, 0.29) is 5.17 Å². The summed E-state index contributed by atoms with van der Waals surface area (Å²) in [6, 6.07) is 0. The lowest BCUT2D eigenvalue weighted by atomic mass is 10.8. The van der Waals surface area contributed by atoms with Gasteiger partial charge in [-0.15, -0.1) is 0 Å². The third kappa shape index (κ3) is 3.05. The summed E-state index contributed by atoms with van der Waals surface area (Å²) in [6.07, 6.45) is 0.793. The van der Waals surface area contributed by atoms with Gasteiger partial charge in [-0.05, 0) is 0 Å². The maximum Gasteiger partial charge on any atom is 0.189 e. The van der Waals surface area contributed by atoms with Crippen LogP contribution in [0.4, 0.5) is 0 Å². The summed E-state index contributed by atoms with van der Waals surface area (Å²) >= 11 is 4.96. The molecule has 0 atom stereocenters. The monoisotopic (exact) mass is 122 g/mol. The maximum absolute atomic E-state index is 7.72. The molecule has 0 bridgehead atoms. The Morgan fingerprint density at radius 1 is 1.57 bits per heavy atom. The molecule has 0 unspecified atom stereocenters. The van der Waals surface area contributed by atoms with Crippen LogP contribution in [0, 0.1) is 0 Å². The Kier molecular flexibility index (Phi) is 3.04. The van der Waals surface area contributed by atoms with Crippen LogP contribution in [0.25, 0.3) is 0 Å². The number of hydrogen-bond donors (Lipinski definition) is 2. The van der Waals surface area contributed by atoms with Crippen LogP contribution < -0.4 is 0 Å². The summed E-state index contributed by atoms with van der Waals surface area (Å²) in [7, 11) is 0. The van der Waals surface area contributed by atoms with Crippen molar-refractivity contribution in [1.82, 2.24) is 0 Å². The van der Waals surface area contributed by atoms with Crippen molar-refractivity contribution in [3.63, 3.8) is 0 Å². The molecule has 0 aliphatic rings. The van der Waals surface area contributed by atoms with E-state index in [0.717, 1.165) is 6.21 Å². The fourth-order valence-corrected chi connectivity index (χ4v) is 0.117. The molecule has 0 amide bonds. The van der Waals surface area contributed by atoms with Crippen molar-refractivity contribution >= 4 is 23.0 Å². The fourth-order valence-electron chi connectivity index (χ4n) is 0.0735. The minimum Gasteiger partial charge on any atom is -0.411 e. The second-order valence-corrected chi connectivity index (χ2v) is 1.05. The summed E-state index contributed by atoms with van der Waals surface area (Å²) in [5.74, 6) is 0. The van der Waals surface area contributed by atoms with Crippen LogP contribution in [0.15, 0.2) is 10.3 Å². The Morgan fingerprint density at radius 2 is 2.14 bits per heavy atom. The summed E-state index contributed by atoms with van der Waals surface area (Å²) < 4.78 is 0. The molecule has 2 N–H and O–H groups in total. The van der Waals surface area contributed by atoms with Crippen LogP contribution in [-0.2, 0) is 0 Å². The lowest BCUT2D eigenvalue weighted by Crippen LogP contribution is -1.85. The van der Waals surface area contributed by atoms with E-state index in [1.165, 1.54) is 0 Å². The highest BCUT2D eigenvalue weighted by molar-refractivity contribution is 6.79. The molecule has 7 heavy (non-hydrogen) atoms. The van der Waals surface area contributed by atoms with E-state index < -0.39 is 0 Å². The van der Waals surface area contributed by atoms with Crippen molar-refractivity contribution in [2.75, 3.05) is 0 Å². The van der Waals surface area contributed by atoms with Gasteiger partial charge in [0.1, 0.15) is 6.21 Å². The summed E-state index contributed by atoms with van der Waals surface area (Å²) in [5.41, 5.74) is 0. The lowest BCUT2D eigenvalue weighted by Gasteiger charge is -1.74. The van der Waals surface area contributed by atoms with Crippen LogP contribution in [-0.4, -0.2) is 21.8 Å². The highest BCUT2D eigenvalue weighted by Gasteiger charge is 1.81. The predicted molar refractivity (Wildman–Crippen MR) is 25.4 cm³/mol. The molecule has 0 aromatic heterocycles. The van der Waals surface area contributed by atoms with E-state index in [1.807, 2.05) is 0 Å². The van der Waals surface area contributed by atoms with E-state index in [1.54, 1.807) is 0 Å². The van der Waals surface area contributed by atoms with Crippen molar-refractivity contribution in [1.29, 1.82) is 0 Å². The molecule has 40 valence electrons. The molecule has 0 heterocycles. The highest BCUT2D eigenvalue weighted by atomic mass is 35.5. The first kappa shape index (κ1) is 6.23. The van der Waals surface area contributed by atoms with Gasteiger partial charge in [-0.2, -0.15) is 0 Å². The molecular formula is C2H3ClN2O2. The molecule has 0 aromatic rings. The summed E-state index contributed by atoms with van der Waals surface area (Å²) in [5, 5.41) is 20.0. The highest BCUT2D eigenvalue weighted by Crippen LogP contribution is 1.76. The van der Waals surface area contributed by atoms with Gasteiger partial charge in [0.2, 0.25) is 0 Å². The molecule has 0 aliphatic carbocycles. The first-order valence-electron chi connectivity index (χ1n) is 1.36. The van der Waals surface area contributed by atoms with Crippen molar-refractivity contribution in [2.24, 2.45) is 10.3 Å². The number of nitrogens with zero attached hydrogens (tertiary/aromatic N) is 2. The first-order chi connectivity index (χ1) is 3.31. The smallest absolute Gasteiger partial charge is 0.189 e. The zero-order chi connectivity index (χ0) is 5.70. The molecule has 0 aliphatic heterocycles. The molecule has 5 heteroatoms. The summed E-state index contributed by atoms with van der Waals surface area (Å²) in [6.45, 7) is 0. The number of halogens is 1. The van der Waals surface area contributed by atoms with Crippen molar-refractivity contribution in [2.45, 2.75) is 0 Å². The quantitative estimate of drug-likeness (QED) is 0.302. The molecule has 0 saturated heterocycles. The SMILES string of the molecule is O/N=C/C(Cl)=N\O. The van der Waals surface area contributed by atoms with Crippen LogP contribution in [0.2, 0.25) is 0 Å². The minimum atomic E-state index is -0.262. The number of hydrogen-bond acceptors (Lipinski definition) is 4. The first-order valence-corrected chi connectivity index (χ1v) is 1.74. The van der Waals surface area contributed by atoms with E-state index in [4.69, 9.17) is 22.0 Å². The Morgan fingerprint density at radius 3 is 2.29 bits per heavy atom. The van der Waals surface area contributed by atoms with Gasteiger partial charge in [-0.25, -0.2) is 0 Å². The Balaban J connectivity index is 3.58. The molecule has 0 aromatic carbocycles. The standard InChI is InChI=1S/C2H3ClN2O2/c3-2(5-7)1-4-6/h1,6-7H/b4-1+,5-2+. The average Bonchev–Trinajstić information content (AvgIpc) is 1.68. The van der Waals surface area contributed by atoms with Gasteiger partial charge in [0.15, 0.2) is 5.17 Å². The van der Waals surface area contributed by atoms with E-state index in [0.29, 0.717) is 0 Å². The van der Waals surface area contributed by atoms with Crippen LogP contribution in [0.3, 0.4) is 0 Å². The lowest BCUT2D eigenvalue weighted by molar-refractivity contribution is 0.317. The third-order valence-corrected chi connectivity index (χ3v) is 0.433. The average molecular weight is 123 g/mol. The molecule has 0 saturated carbocycles. The Bertz CT molecular complexity index is 99.9. The Labute approximate surface area is 44.7 Å². The van der Waals surface area contributed by atoms with Crippen molar-refractivity contribution in [3.05, 3.63) is 0 Å². The van der Waals surface area contributed by atoms with Crippen LogP contribution >= 0.6 is 11.6 Å². The van der Waals surface area contributed by atoms with Crippen LogP contribution in [0.1, 0.15) is 0 Å².